The zero-order valence-electron chi connectivity index (χ0n) is 10.4. The summed E-state index contributed by atoms with van der Waals surface area (Å²) in [5.74, 6) is 0.374. The Morgan fingerprint density at radius 1 is 1.41 bits per heavy atom. The van der Waals surface area contributed by atoms with Gasteiger partial charge in [-0.25, -0.2) is 0 Å². The normalized spacial score (nSPS) is 22.9. The molecule has 1 unspecified atom stereocenters. The van der Waals surface area contributed by atoms with Crippen molar-refractivity contribution in [2.45, 2.75) is 19.5 Å². The van der Waals surface area contributed by atoms with Crippen molar-refractivity contribution in [1.82, 2.24) is 9.80 Å². The lowest BCUT2D eigenvalue weighted by Gasteiger charge is -2.38. The maximum atomic E-state index is 9.98. The summed E-state index contributed by atoms with van der Waals surface area (Å²) in [7, 11) is 2.16. The highest BCUT2D eigenvalue weighted by atomic mass is 79.9. The summed E-state index contributed by atoms with van der Waals surface area (Å²) in [6, 6.07) is 6.36. The van der Waals surface area contributed by atoms with Crippen LogP contribution >= 0.6 is 15.9 Å². The first-order valence-corrected chi connectivity index (χ1v) is 6.76. The first-order valence-electron chi connectivity index (χ1n) is 5.97. The van der Waals surface area contributed by atoms with Crippen LogP contribution in [0.4, 0.5) is 0 Å². The lowest BCUT2D eigenvalue weighted by atomic mass is 10.1. The van der Waals surface area contributed by atoms with Gasteiger partial charge in [0.15, 0.2) is 0 Å². The van der Waals surface area contributed by atoms with Crippen LogP contribution in [-0.2, 0) is 6.54 Å². The molecule has 0 amide bonds. The number of phenolic OH excluding ortho intramolecular Hbond substituents is 1. The van der Waals surface area contributed by atoms with E-state index in [1.54, 1.807) is 0 Å². The molecule has 1 fully saturated rings. The van der Waals surface area contributed by atoms with E-state index < -0.39 is 0 Å². The van der Waals surface area contributed by atoms with E-state index in [-0.39, 0.29) is 0 Å². The molecule has 1 atom stereocenters. The molecule has 17 heavy (non-hydrogen) atoms. The van der Waals surface area contributed by atoms with Gasteiger partial charge in [-0.3, -0.25) is 4.90 Å². The maximum Gasteiger partial charge on any atom is 0.134 e. The van der Waals surface area contributed by atoms with Gasteiger partial charge in [0.25, 0.3) is 0 Å². The van der Waals surface area contributed by atoms with Gasteiger partial charge in [0, 0.05) is 37.8 Å². The number of hydrogen-bond donors (Lipinski definition) is 1. The third-order valence-corrected chi connectivity index (χ3v) is 4.05. The van der Waals surface area contributed by atoms with Gasteiger partial charge in [0.1, 0.15) is 5.75 Å². The Bertz CT molecular complexity index is 397. The molecule has 1 aromatic rings. The Labute approximate surface area is 111 Å². The summed E-state index contributed by atoms with van der Waals surface area (Å²) in [5, 5.41) is 9.98. The van der Waals surface area contributed by atoms with E-state index in [9.17, 15) is 5.11 Å². The Hall–Kier alpha value is -0.580. The van der Waals surface area contributed by atoms with E-state index in [1.807, 2.05) is 18.2 Å². The van der Waals surface area contributed by atoms with Gasteiger partial charge in [-0.05, 0) is 36.0 Å². The molecule has 1 aromatic carbocycles. The van der Waals surface area contributed by atoms with Gasteiger partial charge in [-0.2, -0.15) is 0 Å². The quantitative estimate of drug-likeness (QED) is 0.907. The van der Waals surface area contributed by atoms with Crippen molar-refractivity contribution in [2.24, 2.45) is 0 Å². The van der Waals surface area contributed by atoms with E-state index in [0.717, 1.165) is 36.2 Å². The predicted molar refractivity (Wildman–Crippen MR) is 73.2 cm³/mol. The SMILES string of the molecule is CC1CN(C)CCN1Cc1cccc(Br)c1O. The van der Waals surface area contributed by atoms with Gasteiger partial charge >= 0.3 is 0 Å². The van der Waals surface area contributed by atoms with E-state index in [1.165, 1.54) is 0 Å². The summed E-state index contributed by atoms with van der Waals surface area (Å²) in [4.78, 5) is 4.77. The molecule has 0 aromatic heterocycles. The molecule has 0 spiro atoms. The van der Waals surface area contributed by atoms with Crippen molar-refractivity contribution in [3.05, 3.63) is 28.2 Å². The molecule has 3 nitrogen and oxygen atoms in total. The van der Waals surface area contributed by atoms with Crippen LogP contribution in [0.15, 0.2) is 22.7 Å². The summed E-state index contributed by atoms with van der Waals surface area (Å²) < 4.78 is 0.775. The molecule has 1 heterocycles. The minimum atomic E-state index is 0.374. The molecule has 0 radical (unpaired) electrons. The smallest absolute Gasteiger partial charge is 0.134 e. The first kappa shape index (κ1) is 12.9. The number of hydrogen-bond acceptors (Lipinski definition) is 3. The molecule has 94 valence electrons. The fourth-order valence-corrected chi connectivity index (χ4v) is 2.73. The van der Waals surface area contributed by atoms with Crippen LogP contribution < -0.4 is 0 Å². The summed E-state index contributed by atoms with van der Waals surface area (Å²) >= 11 is 3.36. The number of nitrogens with zero attached hydrogens (tertiary/aromatic N) is 2. The van der Waals surface area contributed by atoms with E-state index in [0.29, 0.717) is 11.8 Å². The van der Waals surface area contributed by atoms with Crippen molar-refractivity contribution in [1.29, 1.82) is 0 Å². The van der Waals surface area contributed by atoms with Gasteiger partial charge in [0.2, 0.25) is 0 Å². The molecular formula is C13H19BrN2O. The van der Waals surface area contributed by atoms with E-state index in [4.69, 9.17) is 0 Å². The second-order valence-electron chi connectivity index (χ2n) is 4.83. The Kier molecular flexibility index (Phi) is 4.07. The Morgan fingerprint density at radius 3 is 2.88 bits per heavy atom. The number of halogens is 1. The largest absolute Gasteiger partial charge is 0.506 e. The molecule has 4 heteroatoms. The van der Waals surface area contributed by atoms with Crippen molar-refractivity contribution >= 4 is 15.9 Å². The number of aromatic hydroxyl groups is 1. The van der Waals surface area contributed by atoms with E-state index >= 15 is 0 Å². The lowest BCUT2D eigenvalue weighted by Crippen LogP contribution is -2.49. The first-order chi connectivity index (χ1) is 8.08. The van der Waals surface area contributed by atoms with Crippen LogP contribution in [0, 0.1) is 0 Å². The zero-order chi connectivity index (χ0) is 12.4. The number of phenols is 1. The van der Waals surface area contributed by atoms with Crippen molar-refractivity contribution < 1.29 is 5.11 Å². The molecule has 0 saturated carbocycles. The number of para-hydroxylation sites is 1. The van der Waals surface area contributed by atoms with Gasteiger partial charge < -0.3 is 10.0 Å². The predicted octanol–water partition coefficient (Wildman–Crippen LogP) is 2.29. The fourth-order valence-electron chi connectivity index (χ4n) is 2.32. The lowest BCUT2D eigenvalue weighted by molar-refractivity contribution is 0.0931. The van der Waals surface area contributed by atoms with Crippen LogP contribution in [0.5, 0.6) is 5.75 Å². The van der Waals surface area contributed by atoms with Gasteiger partial charge in [-0.15, -0.1) is 0 Å². The second kappa shape index (κ2) is 5.38. The van der Waals surface area contributed by atoms with Crippen LogP contribution in [0.3, 0.4) is 0 Å². The summed E-state index contributed by atoms with van der Waals surface area (Å²) in [6.07, 6.45) is 0. The highest BCUT2D eigenvalue weighted by Gasteiger charge is 2.22. The number of rotatable bonds is 2. The Morgan fingerprint density at radius 2 is 2.18 bits per heavy atom. The van der Waals surface area contributed by atoms with Crippen LogP contribution in [-0.4, -0.2) is 47.6 Å². The third kappa shape index (κ3) is 3.00. The average molecular weight is 299 g/mol. The monoisotopic (exact) mass is 298 g/mol. The molecule has 0 aliphatic carbocycles. The second-order valence-corrected chi connectivity index (χ2v) is 5.68. The van der Waals surface area contributed by atoms with Crippen LogP contribution in [0.25, 0.3) is 0 Å². The maximum absolute atomic E-state index is 9.98. The number of piperazine rings is 1. The molecule has 1 aliphatic heterocycles. The number of likely N-dealkylation sites (N-methyl/N-ethyl adjacent to an activating group) is 1. The van der Waals surface area contributed by atoms with Crippen LogP contribution in [0.1, 0.15) is 12.5 Å². The van der Waals surface area contributed by atoms with Crippen molar-refractivity contribution in [3.8, 4) is 5.75 Å². The fraction of sp³-hybridized carbons (Fsp3) is 0.538. The van der Waals surface area contributed by atoms with Crippen LogP contribution in [0.2, 0.25) is 0 Å². The highest BCUT2D eigenvalue weighted by molar-refractivity contribution is 9.10. The molecule has 0 bridgehead atoms. The minimum Gasteiger partial charge on any atom is -0.506 e. The minimum absolute atomic E-state index is 0.374. The van der Waals surface area contributed by atoms with Gasteiger partial charge in [0.05, 0.1) is 4.47 Å². The number of benzene rings is 1. The molecule has 1 N–H and O–H groups in total. The average Bonchev–Trinajstić information content (AvgIpc) is 2.28. The standard InChI is InChI=1S/C13H19BrN2O/c1-10-8-15(2)6-7-16(10)9-11-4-3-5-12(14)13(11)17/h3-5,10,17H,6-9H2,1-2H3. The molecule has 1 aliphatic rings. The van der Waals surface area contributed by atoms with Crippen molar-refractivity contribution in [2.75, 3.05) is 26.7 Å². The van der Waals surface area contributed by atoms with E-state index in [2.05, 4.69) is 39.7 Å². The van der Waals surface area contributed by atoms with Crippen molar-refractivity contribution in [3.63, 3.8) is 0 Å². The molecule has 1 saturated heterocycles. The molecule has 2 rings (SSSR count). The highest BCUT2D eigenvalue weighted by Crippen LogP contribution is 2.29. The van der Waals surface area contributed by atoms with Gasteiger partial charge in [-0.1, -0.05) is 12.1 Å². The topological polar surface area (TPSA) is 26.7 Å². The zero-order valence-corrected chi connectivity index (χ0v) is 11.9. The summed E-state index contributed by atoms with van der Waals surface area (Å²) in [5.41, 5.74) is 0.996. The summed E-state index contributed by atoms with van der Waals surface area (Å²) in [6.45, 7) is 6.31. The Balaban J connectivity index is 2.08. The third-order valence-electron chi connectivity index (χ3n) is 3.41. The molecular weight excluding hydrogens is 280 g/mol.